The van der Waals surface area contributed by atoms with Crippen LogP contribution in [0.1, 0.15) is 31.7 Å². The van der Waals surface area contributed by atoms with Crippen LogP contribution in [0, 0.1) is 0 Å². The Labute approximate surface area is 133 Å². The zero-order valence-electron chi connectivity index (χ0n) is 13.7. The van der Waals surface area contributed by atoms with Gasteiger partial charge in [0, 0.05) is 20.1 Å². The van der Waals surface area contributed by atoms with E-state index in [-0.39, 0.29) is 12.5 Å². The fourth-order valence-electron chi connectivity index (χ4n) is 2.02. The van der Waals surface area contributed by atoms with Crippen molar-refractivity contribution >= 4 is 11.9 Å². The molecule has 5 nitrogen and oxygen atoms in total. The Bertz CT molecular complexity index is 445. The van der Waals surface area contributed by atoms with Crippen molar-refractivity contribution in [3.05, 3.63) is 35.9 Å². The first-order chi connectivity index (χ1) is 10.8. The largest absolute Gasteiger partial charge is 0.356 e. The molecule has 1 aromatic rings. The summed E-state index contributed by atoms with van der Waals surface area (Å²) in [6.07, 6.45) is 4.35. The normalized spacial score (nSPS) is 11.1. The summed E-state index contributed by atoms with van der Waals surface area (Å²) >= 11 is 0. The molecular formula is C17H28N4O. The number of unbranched alkanes of at least 4 members (excludes halogenated alkanes) is 2. The molecule has 0 radical (unpaired) electrons. The molecule has 0 aliphatic rings. The maximum atomic E-state index is 11.8. The highest BCUT2D eigenvalue weighted by molar-refractivity contribution is 5.86. The highest BCUT2D eigenvalue weighted by atomic mass is 16.1. The van der Waals surface area contributed by atoms with Gasteiger partial charge in [0.05, 0.1) is 6.54 Å². The summed E-state index contributed by atoms with van der Waals surface area (Å²) in [7, 11) is 1.71. The van der Waals surface area contributed by atoms with Gasteiger partial charge in [0.25, 0.3) is 0 Å². The van der Waals surface area contributed by atoms with Gasteiger partial charge in [-0.3, -0.25) is 9.79 Å². The van der Waals surface area contributed by atoms with Crippen LogP contribution in [0.3, 0.4) is 0 Å². The van der Waals surface area contributed by atoms with Gasteiger partial charge in [-0.05, 0) is 18.4 Å². The fraction of sp³-hybridized carbons (Fsp3) is 0.529. The minimum absolute atomic E-state index is 0.0209. The molecule has 0 heterocycles. The van der Waals surface area contributed by atoms with Gasteiger partial charge in [-0.1, -0.05) is 50.1 Å². The van der Waals surface area contributed by atoms with E-state index in [0.717, 1.165) is 19.4 Å². The van der Waals surface area contributed by atoms with Crippen LogP contribution in [-0.2, 0) is 11.2 Å². The van der Waals surface area contributed by atoms with E-state index in [1.54, 1.807) is 7.05 Å². The van der Waals surface area contributed by atoms with Crippen molar-refractivity contribution < 1.29 is 4.79 Å². The van der Waals surface area contributed by atoms with E-state index in [2.05, 4.69) is 40.0 Å². The summed E-state index contributed by atoms with van der Waals surface area (Å²) in [6, 6.07) is 10.1. The number of hydrogen-bond donors (Lipinski definition) is 3. The molecule has 1 aromatic carbocycles. The van der Waals surface area contributed by atoms with Gasteiger partial charge in [-0.2, -0.15) is 0 Å². The molecule has 0 fully saturated rings. The summed E-state index contributed by atoms with van der Waals surface area (Å²) in [6.45, 7) is 3.94. The molecule has 0 atom stereocenters. The topological polar surface area (TPSA) is 65.5 Å². The van der Waals surface area contributed by atoms with Gasteiger partial charge in [0.1, 0.15) is 0 Å². The van der Waals surface area contributed by atoms with Crippen molar-refractivity contribution in [2.24, 2.45) is 4.99 Å². The molecule has 5 heteroatoms. The second kappa shape index (κ2) is 11.6. The van der Waals surface area contributed by atoms with E-state index in [1.165, 1.54) is 18.4 Å². The number of amides is 1. The van der Waals surface area contributed by atoms with Gasteiger partial charge in [0.15, 0.2) is 5.96 Å². The number of rotatable bonds is 9. The Kier molecular flexibility index (Phi) is 9.50. The second-order valence-corrected chi connectivity index (χ2v) is 5.15. The first-order valence-electron chi connectivity index (χ1n) is 8.01. The van der Waals surface area contributed by atoms with Gasteiger partial charge in [-0.25, -0.2) is 0 Å². The quantitative estimate of drug-likeness (QED) is 0.370. The van der Waals surface area contributed by atoms with E-state index in [4.69, 9.17) is 0 Å². The molecule has 3 N–H and O–H groups in total. The van der Waals surface area contributed by atoms with Gasteiger partial charge >= 0.3 is 0 Å². The summed E-state index contributed by atoms with van der Waals surface area (Å²) < 4.78 is 0. The van der Waals surface area contributed by atoms with Gasteiger partial charge < -0.3 is 16.0 Å². The van der Waals surface area contributed by atoms with Crippen LogP contribution >= 0.6 is 0 Å². The first-order valence-corrected chi connectivity index (χ1v) is 8.01. The Morgan fingerprint density at radius 1 is 1.05 bits per heavy atom. The summed E-state index contributed by atoms with van der Waals surface area (Å²) in [5.74, 6) is 0.654. The molecule has 0 unspecified atom stereocenters. The van der Waals surface area contributed by atoms with Gasteiger partial charge in [0.2, 0.25) is 5.91 Å². The number of carbonyl (C=O) groups excluding carboxylic acids is 1. The first kappa shape index (κ1) is 18.0. The van der Waals surface area contributed by atoms with Crippen LogP contribution in [0.5, 0.6) is 0 Å². The third kappa shape index (κ3) is 8.29. The maximum Gasteiger partial charge on any atom is 0.239 e. The molecule has 0 aromatic heterocycles. The van der Waals surface area contributed by atoms with Crippen molar-refractivity contribution in [1.29, 1.82) is 0 Å². The van der Waals surface area contributed by atoms with Crippen LogP contribution in [0.4, 0.5) is 0 Å². The lowest BCUT2D eigenvalue weighted by molar-refractivity contribution is -0.119. The van der Waals surface area contributed by atoms with E-state index >= 15 is 0 Å². The lowest BCUT2D eigenvalue weighted by Gasteiger charge is -2.11. The SMILES string of the molecule is CCCCCNC(=NC)NCC(=O)NCCc1ccccc1. The minimum atomic E-state index is -0.0209. The van der Waals surface area contributed by atoms with Gasteiger partial charge in [-0.15, -0.1) is 0 Å². The number of aliphatic imine (C=N–C) groups is 1. The van der Waals surface area contributed by atoms with E-state index < -0.39 is 0 Å². The van der Waals surface area contributed by atoms with Crippen molar-refractivity contribution in [2.45, 2.75) is 32.6 Å². The van der Waals surface area contributed by atoms with Crippen LogP contribution in [0.15, 0.2) is 35.3 Å². The summed E-state index contributed by atoms with van der Waals surface area (Å²) in [5.41, 5.74) is 1.23. The number of guanidine groups is 1. The molecule has 0 saturated carbocycles. The fourth-order valence-corrected chi connectivity index (χ4v) is 2.02. The number of nitrogens with zero attached hydrogens (tertiary/aromatic N) is 1. The average molecular weight is 304 g/mol. The van der Waals surface area contributed by atoms with Crippen molar-refractivity contribution in [3.63, 3.8) is 0 Å². The summed E-state index contributed by atoms with van der Waals surface area (Å²) in [4.78, 5) is 15.9. The molecule has 0 spiro atoms. The molecule has 0 aliphatic carbocycles. The van der Waals surface area contributed by atoms with Crippen molar-refractivity contribution in [3.8, 4) is 0 Å². The lowest BCUT2D eigenvalue weighted by atomic mass is 10.1. The standard InChI is InChI=1S/C17H28N4O/c1-3-4-8-12-20-17(18-2)21-14-16(22)19-13-11-15-9-6-5-7-10-15/h5-7,9-10H,3-4,8,11-14H2,1-2H3,(H,19,22)(H2,18,20,21). The number of hydrogen-bond acceptors (Lipinski definition) is 2. The molecule has 0 bridgehead atoms. The minimum Gasteiger partial charge on any atom is -0.356 e. The molecule has 0 saturated heterocycles. The molecule has 1 rings (SSSR count). The molecule has 0 aliphatic heterocycles. The highest BCUT2D eigenvalue weighted by Crippen LogP contribution is 1.97. The molecule has 122 valence electrons. The monoisotopic (exact) mass is 304 g/mol. The summed E-state index contributed by atoms with van der Waals surface area (Å²) in [5, 5.41) is 9.12. The number of nitrogens with one attached hydrogen (secondary N) is 3. The zero-order chi connectivity index (χ0) is 16.0. The Balaban J connectivity index is 2.13. The predicted molar refractivity (Wildman–Crippen MR) is 92.0 cm³/mol. The van der Waals surface area contributed by atoms with E-state index in [9.17, 15) is 4.79 Å². The molecule has 22 heavy (non-hydrogen) atoms. The molecular weight excluding hydrogens is 276 g/mol. The predicted octanol–water partition coefficient (Wildman–Crippen LogP) is 1.70. The Hall–Kier alpha value is -2.04. The molecule has 1 amide bonds. The maximum absolute atomic E-state index is 11.8. The lowest BCUT2D eigenvalue weighted by Crippen LogP contribution is -2.43. The Morgan fingerprint density at radius 2 is 1.82 bits per heavy atom. The van der Waals surface area contributed by atoms with Crippen LogP contribution in [-0.4, -0.2) is 38.5 Å². The van der Waals surface area contributed by atoms with E-state index in [0.29, 0.717) is 12.5 Å². The van der Waals surface area contributed by atoms with Crippen molar-refractivity contribution in [2.75, 3.05) is 26.7 Å². The number of carbonyl (C=O) groups is 1. The van der Waals surface area contributed by atoms with E-state index in [1.807, 2.05) is 18.2 Å². The third-order valence-corrected chi connectivity index (χ3v) is 3.29. The van der Waals surface area contributed by atoms with Crippen LogP contribution in [0.25, 0.3) is 0 Å². The smallest absolute Gasteiger partial charge is 0.239 e. The average Bonchev–Trinajstić information content (AvgIpc) is 2.55. The van der Waals surface area contributed by atoms with Crippen LogP contribution < -0.4 is 16.0 Å². The zero-order valence-corrected chi connectivity index (χ0v) is 13.7. The third-order valence-electron chi connectivity index (χ3n) is 3.29. The highest BCUT2D eigenvalue weighted by Gasteiger charge is 2.03. The van der Waals surface area contributed by atoms with Crippen LogP contribution in [0.2, 0.25) is 0 Å². The van der Waals surface area contributed by atoms with Crippen molar-refractivity contribution in [1.82, 2.24) is 16.0 Å². The Morgan fingerprint density at radius 3 is 2.50 bits per heavy atom. The number of benzene rings is 1. The second-order valence-electron chi connectivity index (χ2n) is 5.15.